The lowest BCUT2D eigenvalue weighted by atomic mass is 10.1. The van der Waals surface area contributed by atoms with E-state index in [-0.39, 0.29) is 4.65 Å². The standard InChI is InChI=1S/C14H29NO/c1-4-7-8-9-10-11-14-15(16,12-5-2)13-6-3/h11,14H,4-10,12-13H2,1-3H3/b14-11+. The van der Waals surface area contributed by atoms with Gasteiger partial charge in [-0.3, -0.25) is 0 Å². The number of hydrogen-bond donors (Lipinski definition) is 0. The summed E-state index contributed by atoms with van der Waals surface area (Å²) in [6.07, 6.45) is 12.1. The van der Waals surface area contributed by atoms with Crippen LogP contribution in [0.3, 0.4) is 0 Å². The zero-order valence-electron chi connectivity index (χ0n) is 11.4. The van der Waals surface area contributed by atoms with Gasteiger partial charge in [0.25, 0.3) is 0 Å². The summed E-state index contributed by atoms with van der Waals surface area (Å²) >= 11 is 0. The molecule has 0 radical (unpaired) electrons. The van der Waals surface area contributed by atoms with Gasteiger partial charge in [0.05, 0.1) is 19.3 Å². The van der Waals surface area contributed by atoms with Gasteiger partial charge in [-0.2, -0.15) is 0 Å². The maximum absolute atomic E-state index is 12.2. The van der Waals surface area contributed by atoms with Crippen molar-refractivity contribution in [3.05, 3.63) is 17.5 Å². The van der Waals surface area contributed by atoms with Crippen LogP contribution in [-0.4, -0.2) is 17.7 Å². The van der Waals surface area contributed by atoms with Gasteiger partial charge in [0.2, 0.25) is 0 Å². The number of allylic oxidation sites excluding steroid dienone is 1. The van der Waals surface area contributed by atoms with E-state index in [1.807, 2.05) is 6.20 Å². The summed E-state index contributed by atoms with van der Waals surface area (Å²) in [6.45, 7) is 7.82. The molecule has 0 unspecified atom stereocenters. The van der Waals surface area contributed by atoms with Crippen molar-refractivity contribution < 1.29 is 4.65 Å². The first-order valence-electron chi connectivity index (χ1n) is 6.94. The second-order valence-corrected chi connectivity index (χ2v) is 4.63. The summed E-state index contributed by atoms with van der Waals surface area (Å²) in [5.41, 5.74) is 0. The van der Waals surface area contributed by atoms with Crippen LogP contribution in [0.15, 0.2) is 12.3 Å². The van der Waals surface area contributed by atoms with Crippen molar-refractivity contribution in [1.82, 2.24) is 0 Å². The fraction of sp³-hybridized carbons (Fsp3) is 0.857. The molecule has 0 aliphatic heterocycles. The van der Waals surface area contributed by atoms with Crippen molar-refractivity contribution in [3.63, 3.8) is 0 Å². The highest BCUT2D eigenvalue weighted by Crippen LogP contribution is 2.11. The van der Waals surface area contributed by atoms with Crippen molar-refractivity contribution >= 4 is 0 Å². The molecule has 0 amide bonds. The molecule has 0 fully saturated rings. The molecule has 0 bridgehead atoms. The van der Waals surface area contributed by atoms with E-state index >= 15 is 0 Å². The molecule has 0 spiro atoms. The number of quaternary nitrogens is 1. The van der Waals surface area contributed by atoms with Crippen LogP contribution in [-0.2, 0) is 0 Å². The molecular weight excluding hydrogens is 198 g/mol. The Morgan fingerprint density at radius 3 is 2.00 bits per heavy atom. The van der Waals surface area contributed by atoms with E-state index < -0.39 is 0 Å². The van der Waals surface area contributed by atoms with Crippen molar-refractivity contribution in [3.8, 4) is 0 Å². The molecule has 0 N–H and O–H groups in total. The Kier molecular flexibility index (Phi) is 9.65. The molecule has 0 saturated heterocycles. The van der Waals surface area contributed by atoms with Crippen molar-refractivity contribution in [2.45, 2.75) is 65.7 Å². The number of hydroxylamine groups is 3. The topological polar surface area (TPSA) is 23.1 Å². The predicted octanol–water partition coefficient (Wildman–Crippen LogP) is 4.61. The quantitative estimate of drug-likeness (QED) is 0.304. The van der Waals surface area contributed by atoms with Gasteiger partial charge < -0.3 is 9.85 Å². The fourth-order valence-electron chi connectivity index (χ4n) is 1.97. The Bertz CT molecular complexity index is 172. The van der Waals surface area contributed by atoms with Gasteiger partial charge in [0, 0.05) is 0 Å². The van der Waals surface area contributed by atoms with E-state index in [4.69, 9.17) is 0 Å². The normalized spacial score (nSPS) is 12.5. The Balaban J connectivity index is 3.84. The predicted molar refractivity (Wildman–Crippen MR) is 71.8 cm³/mol. The highest BCUT2D eigenvalue weighted by molar-refractivity contribution is 4.75. The van der Waals surface area contributed by atoms with Crippen LogP contribution >= 0.6 is 0 Å². The Morgan fingerprint density at radius 1 is 0.875 bits per heavy atom. The fourth-order valence-corrected chi connectivity index (χ4v) is 1.97. The number of hydrogen-bond acceptors (Lipinski definition) is 1. The third kappa shape index (κ3) is 7.89. The van der Waals surface area contributed by atoms with Gasteiger partial charge in [0.15, 0.2) is 0 Å². The smallest absolute Gasteiger partial charge is 0.0918 e. The lowest BCUT2D eigenvalue weighted by Crippen LogP contribution is -2.37. The molecule has 0 aromatic rings. The van der Waals surface area contributed by atoms with Crippen LogP contribution < -0.4 is 0 Å². The summed E-state index contributed by atoms with van der Waals surface area (Å²) < 4.78 is -0.124. The minimum atomic E-state index is -0.124. The summed E-state index contributed by atoms with van der Waals surface area (Å²) in [5, 5.41) is 12.2. The highest BCUT2D eigenvalue weighted by atomic mass is 16.5. The molecule has 0 aliphatic rings. The molecule has 16 heavy (non-hydrogen) atoms. The third-order valence-electron chi connectivity index (χ3n) is 2.81. The van der Waals surface area contributed by atoms with Crippen LogP contribution in [0.25, 0.3) is 0 Å². The minimum Gasteiger partial charge on any atom is -0.628 e. The van der Waals surface area contributed by atoms with Gasteiger partial charge in [-0.1, -0.05) is 40.0 Å². The molecule has 2 nitrogen and oxygen atoms in total. The third-order valence-corrected chi connectivity index (χ3v) is 2.81. The summed E-state index contributed by atoms with van der Waals surface area (Å²) in [5.74, 6) is 0. The first-order valence-corrected chi connectivity index (χ1v) is 6.94. The molecule has 0 aromatic carbocycles. The summed E-state index contributed by atoms with van der Waals surface area (Å²) in [6, 6.07) is 0. The van der Waals surface area contributed by atoms with E-state index in [1.54, 1.807) is 0 Å². The van der Waals surface area contributed by atoms with Crippen LogP contribution in [0.1, 0.15) is 65.7 Å². The Morgan fingerprint density at radius 2 is 1.50 bits per heavy atom. The lowest BCUT2D eigenvalue weighted by Gasteiger charge is -2.38. The van der Waals surface area contributed by atoms with E-state index in [1.165, 1.54) is 25.7 Å². The largest absolute Gasteiger partial charge is 0.628 e. The van der Waals surface area contributed by atoms with E-state index in [9.17, 15) is 5.21 Å². The zero-order valence-corrected chi connectivity index (χ0v) is 11.4. The molecule has 0 aromatic heterocycles. The SMILES string of the molecule is CCCCCC/C=C/[N+]([O-])(CCC)CCC. The van der Waals surface area contributed by atoms with Crippen LogP contribution in [0, 0.1) is 5.21 Å². The van der Waals surface area contributed by atoms with Crippen LogP contribution in [0.5, 0.6) is 0 Å². The zero-order chi connectivity index (χ0) is 12.3. The van der Waals surface area contributed by atoms with Gasteiger partial charge in [-0.25, -0.2) is 0 Å². The summed E-state index contributed by atoms with van der Waals surface area (Å²) in [4.78, 5) is 0. The first-order chi connectivity index (χ1) is 7.68. The molecule has 0 heterocycles. The van der Waals surface area contributed by atoms with Crippen molar-refractivity contribution in [1.29, 1.82) is 0 Å². The van der Waals surface area contributed by atoms with Crippen LogP contribution in [0.4, 0.5) is 0 Å². The first kappa shape index (κ1) is 15.7. The molecular formula is C14H29NO. The van der Waals surface area contributed by atoms with E-state index in [2.05, 4.69) is 26.8 Å². The van der Waals surface area contributed by atoms with Gasteiger partial charge >= 0.3 is 0 Å². The maximum Gasteiger partial charge on any atom is 0.0918 e. The number of unbranched alkanes of at least 4 members (excludes halogenated alkanes) is 4. The van der Waals surface area contributed by atoms with E-state index in [0.29, 0.717) is 0 Å². The lowest BCUT2D eigenvalue weighted by molar-refractivity contribution is -0.829. The molecule has 0 atom stereocenters. The summed E-state index contributed by atoms with van der Waals surface area (Å²) in [7, 11) is 0. The Labute approximate surface area is 102 Å². The molecule has 0 rings (SSSR count). The molecule has 0 saturated carbocycles. The van der Waals surface area contributed by atoms with E-state index in [0.717, 1.165) is 32.4 Å². The van der Waals surface area contributed by atoms with Crippen LogP contribution in [0.2, 0.25) is 0 Å². The van der Waals surface area contributed by atoms with Crippen molar-refractivity contribution in [2.75, 3.05) is 13.1 Å². The number of rotatable bonds is 10. The van der Waals surface area contributed by atoms with Gasteiger partial charge in [-0.15, -0.1) is 0 Å². The highest BCUT2D eigenvalue weighted by Gasteiger charge is 2.09. The number of nitrogens with zero attached hydrogens (tertiary/aromatic N) is 1. The van der Waals surface area contributed by atoms with Crippen molar-refractivity contribution in [2.24, 2.45) is 0 Å². The average Bonchev–Trinajstić information content (AvgIpc) is 2.24. The average molecular weight is 227 g/mol. The van der Waals surface area contributed by atoms with Gasteiger partial charge in [0.1, 0.15) is 0 Å². The molecule has 96 valence electrons. The second-order valence-electron chi connectivity index (χ2n) is 4.63. The monoisotopic (exact) mass is 227 g/mol. The van der Waals surface area contributed by atoms with Gasteiger partial charge in [-0.05, 0) is 31.8 Å². The Hall–Kier alpha value is -0.340. The second kappa shape index (κ2) is 9.86. The minimum absolute atomic E-state index is 0.124. The maximum atomic E-state index is 12.2. The molecule has 0 aliphatic carbocycles. The molecule has 2 heteroatoms.